The number of nitrogens with zero attached hydrogens (tertiary/aromatic N) is 5. The highest BCUT2D eigenvalue weighted by Gasteiger charge is 2.36. The van der Waals surface area contributed by atoms with Crippen molar-refractivity contribution in [2.24, 2.45) is 5.92 Å². The average molecular weight is 561 g/mol. The number of carbonyl (C=O) groups excluding carboxylic acids is 2. The molecule has 3 fully saturated rings. The van der Waals surface area contributed by atoms with E-state index in [0.717, 1.165) is 63.1 Å². The van der Waals surface area contributed by atoms with Crippen molar-refractivity contribution in [3.8, 4) is 0 Å². The molecule has 10 nitrogen and oxygen atoms in total. The lowest BCUT2D eigenvalue weighted by atomic mass is 9.82. The van der Waals surface area contributed by atoms with Crippen molar-refractivity contribution in [1.29, 1.82) is 0 Å². The molecule has 2 aromatic heterocycles. The van der Waals surface area contributed by atoms with Crippen LogP contribution >= 0.6 is 0 Å². The number of hydrogen-bond donors (Lipinski definition) is 1. The van der Waals surface area contributed by atoms with E-state index < -0.39 is 0 Å². The van der Waals surface area contributed by atoms with Gasteiger partial charge in [-0.05, 0) is 62.9 Å². The van der Waals surface area contributed by atoms with E-state index in [-0.39, 0.29) is 41.1 Å². The summed E-state index contributed by atoms with van der Waals surface area (Å²) in [4.78, 5) is 34.5. The molecule has 6 rings (SSSR count). The molecular weight excluding hydrogens is 520 g/mol. The zero-order valence-electron chi connectivity index (χ0n) is 24.2. The molecule has 5 heterocycles. The van der Waals surface area contributed by atoms with Gasteiger partial charge in [0.25, 0.3) is 5.91 Å². The van der Waals surface area contributed by atoms with Crippen LogP contribution in [0.5, 0.6) is 0 Å². The predicted octanol–water partition coefficient (Wildman–Crippen LogP) is 2.98. The molecule has 1 aromatic carbocycles. The normalized spacial score (nSPS) is 25.9. The predicted molar refractivity (Wildman–Crippen MR) is 155 cm³/mol. The van der Waals surface area contributed by atoms with E-state index in [1.807, 2.05) is 13.1 Å². The number of aryl methyl sites for hydroxylation is 1. The van der Waals surface area contributed by atoms with Crippen molar-refractivity contribution in [1.82, 2.24) is 24.8 Å². The van der Waals surface area contributed by atoms with Gasteiger partial charge in [0, 0.05) is 24.5 Å². The first kappa shape index (κ1) is 27.7. The highest BCUT2D eigenvalue weighted by molar-refractivity contribution is 5.91. The number of amides is 1. The van der Waals surface area contributed by atoms with E-state index in [4.69, 9.17) is 9.47 Å². The molecule has 3 aromatic rings. The molecule has 0 radical (unpaired) electrons. The summed E-state index contributed by atoms with van der Waals surface area (Å²) in [6.07, 6.45) is 5.43. The minimum Gasteiger partial charge on any atom is -0.469 e. The third kappa shape index (κ3) is 5.67. The Balaban J connectivity index is 1.10. The molecular formula is C31H40N6O4. The smallest absolute Gasteiger partial charge is 0.308 e. The molecule has 0 saturated carbocycles. The number of anilines is 1. The summed E-state index contributed by atoms with van der Waals surface area (Å²) in [5.74, 6) is -0.267. The second-order valence-electron chi connectivity index (χ2n) is 12.1. The summed E-state index contributed by atoms with van der Waals surface area (Å²) in [5.41, 5.74) is 4.22. The summed E-state index contributed by atoms with van der Waals surface area (Å²) in [7, 11) is 1.45. The van der Waals surface area contributed by atoms with Gasteiger partial charge in [-0.25, -0.2) is 9.50 Å². The maximum Gasteiger partial charge on any atom is 0.308 e. The largest absolute Gasteiger partial charge is 0.469 e. The molecule has 3 atom stereocenters. The van der Waals surface area contributed by atoms with Gasteiger partial charge in [0.2, 0.25) is 5.82 Å². The van der Waals surface area contributed by atoms with Gasteiger partial charge in [-0.1, -0.05) is 37.3 Å². The maximum atomic E-state index is 13.2. The zero-order valence-corrected chi connectivity index (χ0v) is 24.2. The summed E-state index contributed by atoms with van der Waals surface area (Å²) in [5, 5.41) is 7.69. The van der Waals surface area contributed by atoms with Crippen molar-refractivity contribution in [2.75, 3.05) is 51.4 Å². The van der Waals surface area contributed by atoms with Crippen LogP contribution in [0.25, 0.3) is 5.65 Å². The minimum atomic E-state index is -0.286. The molecule has 0 spiro atoms. The first-order chi connectivity index (χ1) is 19.8. The molecule has 2 unspecified atom stereocenters. The monoisotopic (exact) mass is 560 g/mol. The third-order valence-electron chi connectivity index (χ3n) is 9.22. The lowest BCUT2D eigenvalue weighted by Crippen LogP contribution is -2.53. The molecule has 10 heteroatoms. The van der Waals surface area contributed by atoms with E-state index in [9.17, 15) is 9.59 Å². The Labute approximate surface area is 241 Å². The minimum absolute atomic E-state index is 0.0276. The van der Waals surface area contributed by atoms with Gasteiger partial charge in [0.05, 0.1) is 44.2 Å². The fourth-order valence-electron chi connectivity index (χ4n) is 6.74. The molecule has 1 N–H and O–H groups in total. The maximum absolute atomic E-state index is 13.2. The van der Waals surface area contributed by atoms with Crippen molar-refractivity contribution in [2.45, 2.75) is 57.0 Å². The number of aromatic nitrogens is 3. The van der Waals surface area contributed by atoms with Crippen LogP contribution in [0, 0.1) is 12.8 Å². The van der Waals surface area contributed by atoms with Gasteiger partial charge in [0.1, 0.15) is 0 Å². The molecule has 3 aliphatic rings. The van der Waals surface area contributed by atoms with Crippen molar-refractivity contribution < 1.29 is 19.1 Å². The number of benzene rings is 1. The number of pyridine rings is 1. The fourth-order valence-corrected chi connectivity index (χ4v) is 6.74. The Morgan fingerprint density at radius 2 is 1.90 bits per heavy atom. The van der Waals surface area contributed by atoms with E-state index in [0.29, 0.717) is 18.9 Å². The summed E-state index contributed by atoms with van der Waals surface area (Å²) in [6, 6.07) is 12.9. The average Bonchev–Trinajstić information content (AvgIpc) is 3.63. The highest BCUT2D eigenvalue weighted by Crippen LogP contribution is 2.36. The van der Waals surface area contributed by atoms with Crippen LogP contribution in [-0.4, -0.2) is 90.0 Å². The summed E-state index contributed by atoms with van der Waals surface area (Å²) in [6.45, 7) is 8.97. The van der Waals surface area contributed by atoms with Gasteiger partial charge in [0.15, 0.2) is 5.65 Å². The molecule has 218 valence electrons. The number of fused-ring (bicyclic) bond motifs is 1. The van der Waals surface area contributed by atoms with Crippen LogP contribution in [0.4, 0.5) is 5.69 Å². The van der Waals surface area contributed by atoms with Crippen LogP contribution in [-0.2, 0) is 19.7 Å². The second kappa shape index (κ2) is 11.4. The van der Waals surface area contributed by atoms with E-state index in [1.165, 1.54) is 12.7 Å². The summed E-state index contributed by atoms with van der Waals surface area (Å²) >= 11 is 0. The number of piperidine rings is 1. The van der Waals surface area contributed by atoms with Crippen molar-refractivity contribution in [3.05, 3.63) is 59.5 Å². The van der Waals surface area contributed by atoms with Gasteiger partial charge < -0.3 is 19.7 Å². The third-order valence-corrected chi connectivity index (χ3v) is 9.22. The Bertz CT molecular complexity index is 1400. The molecule has 41 heavy (non-hydrogen) atoms. The molecule has 3 aliphatic heterocycles. The van der Waals surface area contributed by atoms with Gasteiger partial charge in [-0.15, -0.1) is 5.10 Å². The summed E-state index contributed by atoms with van der Waals surface area (Å²) < 4.78 is 12.5. The zero-order chi connectivity index (χ0) is 28.6. The Morgan fingerprint density at radius 3 is 2.66 bits per heavy atom. The van der Waals surface area contributed by atoms with Crippen LogP contribution in [0.15, 0.2) is 42.6 Å². The van der Waals surface area contributed by atoms with Crippen molar-refractivity contribution in [3.63, 3.8) is 0 Å². The van der Waals surface area contributed by atoms with Crippen LogP contribution in [0.3, 0.4) is 0 Å². The lowest BCUT2D eigenvalue weighted by molar-refractivity contribution is -0.147. The molecule has 0 bridgehead atoms. The number of hydrogen-bond acceptors (Lipinski definition) is 8. The molecule has 1 amide bonds. The number of esters is 1. The Kier molecular flexibility index (Phi) is 7.70. The standard InChI is InChI=1S/C31H40N6O4/c1-21-15-25(36-14-11-31(2,20-36)23-7-5-4-6-8-23)17-37-28(21)33-27(34-37)29(38)32-24-16-26(19-41-18-24)35-12-9-22(10-13-35)30(39)40-3/h4-8,15,17,22,24,26H,9-14,16,18-20H2,1-3H3,(H,32,38)/t24?,26?,31-/m0/s1. The molecule has 3 saturated heterocycles. The lowest BCUT2D eigenvalue weighted by Gasteiger charge is -2.40. The SMILES string of the molecule is COC(=O)C1CCN(C2COCC(NC(=O)c3nc4c(C)cc(N5CC[C@](C)(c6ccccc6)C5)cn4n3)C2)CC1. The van der Waals surface area contributed by atoms with Gasteiger partial charge in [-0.2, -0.15) is 0 Å². The fraction of sp³-hybridized carbons (Fsp3) is 0.548. The van der Waals surface area contributed by atoms with Gasteiger partial charge >= 0.3 is 5.97 Å². The van der Waals surface area contributed by atoms with E-state index in [1.54, 1.807) is 4.52 Å². The van der Waals surface area contributed by atoms with E-state index >= 15 is 0 Å². The highest BCUT2D eigenvalue weighted by atomic mass is 16.5. The Morgan fingerprint density at radius 1 is 1.12 bits per heavy atom. The number of nitrogens with one attached hydrogen (secondary N) is 1. The Hall–Kier alpha value is -3.50. The molecule has 0 aliphatic carbocycles. The van der Waals surface area contributed by atoms with E-state index in [2.05, 4.69) is 68.5 Å². The first-order valence-electron chi connectivity index (χ1n) is 14.7. The first-order valence-corrected chi connectivity index (χ1v) is 14.7. The number of likely N-dealkylation sites (tertiary alicyclic amines) is 1. The van der Waals surface area contributed by atoms with Crippen LogP contribution < -0.4 is 10.2 Å². The number of ether oxygens (including phenoxy) is 2. The number of carbonyl (C=O) groups is 2. The van der Waals surface area contributed by atoms with Gasteiger partial charge in [-0.3, -0.25) is 14.5 Å². The van der Waals surface area contributed by atoms with Crippen molar-refractivity contribution >= 4 is 23.2 Å². The second-order valence-corrected chi connectivity index (χ2v) is 12.1. The van der Waals surface area contributed by atoms with Crippen LogP contribution in [0.1, 0.15) is 54.4 Å². The topological polar surface area (TPSA) is 101 Å². The number of rotatable bonds is 6. The quantitative estimate of drug-likeness (QED) is 0.460. The van der Waals surface area contributed by atoms with Crippen LogP contribution in [0.2, 0.25) is 0 Å². The number of methoxy groups -OCH3 is 1.